The summed E-state index contributed by atoms with van der Waals surface area (Å²) in [7, 11) is 0. The van der Waals surface area contributed by atoms with Crippen LogP contribution in [0, 0.1) is 0 Å². The number of aromatic nitrogens is 1. The molecule has 0 spiro atoms. The Kier molecular flexibility index (Phi) is 3.07. The molecule has 0 aliphatic rings. The van der Waals surface area contributed by atoms with Crippen molar-refractivity contribution in [2.75, 3.05) is 11.9 Å². The summed E-state index contributed by atoms with van der Waals surface area (Å²) in [6, 6.07) is 7.73. The van der Waals surface area contributed by atoms with Crippen molar-refractivity contribution < 1.29 is 0 Å². The molecule has 1 N–H and O–H groups in total. The van der Waals surface area contributed by atoms with Crippen LogP contribution in [0.1, 0.15) is 13.3 Å². The van der Waals surface area contributed by atoms with E-state index in [4.69, 9.17) is 11.6 Å². The number of hydrogen-bond donors (Lipinski definition) is 1. The van der Waals surface area contributed by atoms with Crippen LogP contribution in [0.25, 0.3) is 10.9 Å². The van der Waals surface area contributed by atoms with Gasteiger partial charge in [0.25, 0.3) is 0 Å². The number of halogens is 1. The molecule has 0 saturated heterocycles. The maximum atomic E-state index is 5.97. The van der Waals surface area contributed by atoms with Crippen LogP contribution in [0.2, 0.25) is 5.02 Å². The molecule has 0 bridgehead atoms. The smallest absolute Gasteiger partial charge is 0.0723 e. The third-order valence-corrected chi connectivity index (χ3v) is 2.50. The Morgan fingerprint density at radius 1 is 1.33 bits per heavy atom. The van der Waals surface area contributed by atoms with Crippen LogP contribution in [0.4, 0.5) is 5.69 Å². The number of rotatable bonds is 3. The Bertz CT molecular complexity index is 468. The summed E-state index contributed by atoms with van der Waals surface area (Å²) in [5.74, 6) is 0. The van der Waals surface area contributed by atoms with E-state index in [0.29, 0.717) is 0 Å². The average Bonchev–Trinajstić information content (AvgIpc) is 2.26. The highest BCUT2D eigenvalue weighted by molar-refractivity contribution is 6.31. The molecule has 0 radical (unpaired) electrons. The van der Waals surface area contributed by atoms with E-state index in [2.05, 4.69) is 17.2 Å². The first-order valence-electron chi connectivity index (χ1n) is 5.09. The molecule has 1 aromatic heterocycles. The zero-order chi connectivity index (χ0) is 10.7. The quantitative estimate of drug-likeness (QED) is 0.853. The predicted molar refractivity (Wildman–Crippen MR) is 65.5 cm³/mol. The van der Waals surface area contributed by atoms with Crippen LogP contribution in [-0.2, 0) is 0 Å². The Morgan fingerprint density at radius 2 is 2.20 bits per heavy atom. The van der Waals surface area contributed by atoms with Crippen LogP contribution >= 0.6 is 11.6 Å². The van der Waals surface area contributed by atoms with E-state index in [-0.39, 0.29) is 0 Å². The molecule has 1 aromatic carbocycles. The van der Waals surface area contributed by atoms with Crippen molar-refractivity contribution in [1.82, 2.24) is 4.98 Å². The van der Waals surface area contributed by atoms with Gasteiger partial charge in [0.2, 0.25) is 0 Å². The highest BCUT2D eigenvalue weighted by atomic mass is 35.5. The number of pyridine rings is 1. The lowest BCUT2D eigenvalue weighted by atomic mass is 10.2. The van der Waals surface area contributed by atoms with E-state index in [1.54, 1.807) is 0 Å². The van der Waals surface area contributed by atoms with Crippen molar-refractivity contribution in [2.45, 2.75) is 13.3 Å². The first kappa shape index (κ1) is 10.2. The van der Waals surface area contributed by atoms with E-state index < -0.39 is 0 Å². The van der Waals surface area contributed by atoms with Gasteiger partial charge in [-0.3, -0.25) is 4.98 Å². The molecule has 15 heavy (non-hydrogen) atoms. The van der Waals surface area contributed by atoms with E-state index in [9.17, 15) is 0 Å². The maximum absolute atomic E-state index is 5.97. The molecule has 2 nitrogen and oxygen atoms in total. The van der Waals surface area contributed by atoms with Gasteiger partial charge in [-0.1, -0.05) is 18.5 Å². The van der Waals surface area contributed by atoms with Gasteiger partial charge in [-0.05, 0) is 30.7 Å². The van der Waals surface area contributed by atoms with Gasteiger partial charge in [-0.15, -0.1) is 0 Å². The Labute approximate surface area is 94.3 Å². The summed E-state index contributed by atoms with van der Waals surface area (Å²) < 4.78 is 0. The molecule has 0 fully saturated rings. The Morgan fingerprint density at radius 3 is 3.00 bits per heavy atom. The molecule has 2 aromatic rings. The van der Waals surface area contributed by atoms with E-state index in [1.165, 1.54) is 0 Å². The largest absolute Gasteiger partial charge is 0.384 e. The second kappa shape index (κ2) is 4.49. The van der Waals surface area contributed by atoms with E-state index in [0.717, 1.165) is 34.6 Å². The molecule has 0 amide bonds. The van der Waals surface area contributed by atoms with Crippen LogP contribution in [0.15, 0.2) is 30.5 Å². The molecular formula is C12H13ClN2. The minimum atomic E-state index is 0.745. The molecule has 0 atom stereocenters. The minimum absolute atomic E-state index is 0.745. The summed E-state index contributed by atoms with van der Waals surface area (Å²) in [6.45, 7) is 3.11. The second-order valence-corrected chi connectivity index (χ2v) is 3.88. The topological polar surface area (TPSA) is 24.9 Å². The summed E-state index contributed by atoms with van der Waals surface area (Å²) >= 11 is 5.97. The van der Waals surface area contributed by atoms with Gasteiger partial charge in [0.05, 0.1) is 5.52 Å². The van der Waals surface area contributed by atoms with Crippen molar-refractivity contribution >= 4 is 28.2 Å². The second-order valence-electron chi connectivity index (χ2n) is 3.45. The van der Waals surface area contributed by atoms with Gasteiger partial charge in [0, 0.05) is 28.8 Å². The minimum Gasteiger partial charge on any atom is -0.384 e. The van der Waals surface area contributed by atoms with Crippen LogP contribution in [0.3, 0.4) is 0 Å². The zero-order valence-corrected chi connectivity index (χ0v) is 9.38. The zero-order valence-electron chi connectivity index (χ0n) is 8.63. The molecule has 3 heteroatoms. The predicted octanol–water partition coefficient (Wildman–Crippen LogP) is 3.71. The Hall–Kier alpha value is -1.28. The average molecular weight is 221 g/mol. The molecule has 0 saturated carbocycles. The fraction of sp³-hybridized carbons (Fsp3) is 0.250. The number of hydrogen-bond acceptors (Lipinski definition) is 2. The fourth-order valence-electron chi connectivity index (χ4n) is 1.53. The van der Waals surface area contributed by atoms with Crippen LogP contribution < -0.4 is 5.32 Å². The van der Waals surface area contributed by atoms with Crippen LogP contribution in [-0.4, -0.2) is 11.5 Å². The number of benzene rings is 1. The molecule has 2 rings (SSSR count). The number of nitrogens with one attached hydrogen (secondary N) is 1. The summed E-state index contributed by atoms with van der Waals surface area (Å²) in [6.07, 6.45) is 2.92. The number of fused-ring (bicyclic) bond motifs is 1. The van der Waals surface area contributed by atoms with Gasteiger partial charge >= 0.3 is 0 Å². The van der Waals surface area contributed by atoms with Gasteiger partial charge in [-0.2, -0.15) is 0 Å². The fourth-order valence-corrected chi connectivity index (χ4v) is 1.70. The summed E-state index contributed by atoms with van der Waals surface area (Å²) in [5, 5.41) is 5.19. The third kappa shape index (κ3) is 2.21. The summed E-state index contributed by atoms with van der Waals surface area (Å²) in [4.78, 5) is 4.29. The molecule has 0 aliphatic heterocycles. The van der Waals surface area contributed by atoms with Gasteiger partial charge in [0.15, 0.2) is 0 Å². The normalized spacial score (nSPS) is 10.5. The first-order chi connectivity index (χ1) is 7.31. The lowest BCUT2D eigenvalue weighted by Gasteiger charge is -2.08. The Balaban J connectivity index is 2.48. The summed E-state index contributed by atoms with van der Waals surface area (Å²) in [5.41, 5.74) is 2.07. The number of nitrogens with zero attached hydrogens (tertiary/aromatic N) is 1. The molecule has 0 unspecified atom stereocenters. The third-order valence-electron chi connectivity index (χ3n) is 2.27. The number of anilines is 1. The van der Waals surface area contributed by atoms with Crippen molar-refractivity contribution in [2.24, 2.45) is 0 Å². The molecule has 1 heterocycles. The SMILES string of the molecule is CCCNc1ccnc2ccc(Cl)cc12. The lowest BCUT2D eigenvalue weighted by molar-refractivity contribution is 0.981. The first-order valence-corrected chi connectivity index (χ1v) is 5.47. The molecule has 78 valence electrons. The van der Waals surface area contributed by atoms with Crippen molar-refractivity contribution in [3.8, 4) is 0 Å². The van der Waals surface area contributed by atoms with Gasteiger partial charge < -0.3 is 5.32 Å². The van der Waals surface area contributed by atoms with E-state index in [1.807, 2.05) is 30.5 Å². The highest BCUT2D eigenvalue weighted by Crippen LogP contribution is 2.24. The van der Waals surface area contributed by atoms with E-state index >= 15 is 0 Å². The monoisotopic (exact) mass is 220 g/mol. The van der Waals surface area contributed by atoms with Crippen molar-refractivity contribution in [3.63, 3.8) is 0 Å². The highest BCUT2D eigenvalue weighted by Gasteiger charge is 2.01. The maximum Gasteiger partial charge on any atom is 0.0723 e. The standard InChI is InChI=1S/C12H13ClN2/c1-2-6-14-12-5-7-15-11-4-3-9(13)8-10(11)12/h3-5,7-8H,2,6H2,1H3,(H,14,15). The molecular weight excluding hydrogens is 208 g/mol. The molecule has 0 aliphatic carbocycles. The van der Waals surface area contributed by atoms with Crippen molar-refractivity contribution in [3.05, 3.63) is 35.5 Å². The van der Waals surface area contributed by atoms with Crippen LogP contribution in [0.5, 0.6) is 0 Å². The van der Waals surface area contributed by atoms with Crippen molar-refractivity contribution in [1.29, 1.82) is 0 Å². The van der Waals surface area contributed by atoms with Gasteiger partial charge in [0.1, 0.15) is 0 Å². The lowest BCUT2D eigenvalue weighted by Crippen LogP contribution is -2.00. The van der Waals surface area contributed by atoms with Gasteiger partial charge in [-0.25, -0.2) is 0 Å².